The number of imide groups is 1. The molecule has 1 heterocycles. The monoisotopic (exact) mass is 238 g/mol. The van der Waals surface area contributed by atoms with Crippen LogP contribution < -0.4 is 10.6 Å². The van der Waals surface area contributed by atoms with Crippen LogP contribution in [-0.4, -0.2) is 33.3 Å². The van der Waals surface area contributed by atoms with Gasteiger partial charge in [0.15, 0.2) is 11.5 Å². The van der Waals surface area contributed by atoms with Crippen molar-refractivity contribution in [3.05, 3.63) is 17.7 Å². The molecule has 1 saturated heterocycles. The first-order valence-electron chi connectivity index (χ1n) is 4.82. The lowest BCUT2D eigenvalue weighted by molar-refractivity contribution is -0.120. The molecule has 2 rings (SSSR count). The number of carbonyl (C=O) groups excluding carboxylic acids is 2. The molecule has 90 valence electrons. The normalized spacial score (nSPS) is 18.9. The lowest BCUT2D eigenvalue weighted by Gasteiger charge is -2.10. The van der Waals surface area contributed by atoms with Gasteiger partial charge in [-0.2, -0.15) is 0 Å². The van der Waals surface area contributed by atoms with Crippen LogP contribution in [0.25, 0.3) is 0 Å². The lowest BCUT2D eigenvalue weighted by Crippen LogP contribution is -2.31. The van der Waals surface area contributed by atoms with E-state index in [0.29, 0.717) is 0 Å². The Morgan fingerprint density at radius 2 is 1.71 bits per heavy atom. The molecule has 7 nitrogen and oxygen atoms in total. The molecule has 0 radical (unpaired) electrons. The molecule has 1 aromatic rings. The van der Waals surface area contributed by atoms with Gasteiger partial charge in [-0.05, 0) is 6.07 Å². The highest BCUT2D eigenvalue weighted by molar-refractivity contribution is 6.04. The predicted molar refractivity (Wildman–Crippen MR) is 55.6 cm³/mol. The molecule has 0 aromatic heterocycles. The first-order valence-corrected chi connectivity index (χ1v) is 4.82. The van der Waals surface area contributed by atoms with Crippen LogP contribution in [0.5, 0.6) is 17.2 Å². The summed E-state index contributed by atoms with van der Waals surface area (Å²) in [5.41, 5.74) is 0.252. The van der Waals surface area contributed by atoms with Crippen LogP contribution in [0.3, 0.4) is 0 Å². The van der Waals surface area contributed by atoms with Gasteiger partial charge < -0.3 is 20.6 Å². The van der Waals surface area contributed by atoms with Crippen LogP contribution in [0.4, 0.5) is 4.79 Å². The van der Waals surface area contributed by atoms with E-state index in [0.717, 1.165) is 12.1 Å². The van der Waals surface area contributed by atoms with Crippen LogP contribution in [0.15, 0.2) is 12.1 Å². The standard InChI is InChI=1S/C10H10N2O5/c13-6-3-8(15)7(14)2-4(6)1-5-9(16)12-10(17)11-5/h2-3,5,13-15H,1H2,(H2,11,12,16,17). The molecule has 5 N–H and O–H groups in total. The largest absolute Gasteiger partial charge is 0.508 e. The number of urea groups is 1. The van der Waals surface area contributed by atoms with Crippen molar-refractivity contribution in [3.8, 4) is 17.2 Å². The lowest BCUT2D eigenvalue weighted by atomic mass is 10.0. The Balaban J connectivity index is 2.22. The Kier molecular flexibility index (Phi) is 2.51. The van der Waals surface area contributed by atoms with Crippen molar-refractivity contribution in [1.82, 2.24) is 10.6 Å². The van der Waals surface area contributed by atoms with E-state index in [4.69, 9.17) is 5.11 Å². The SMILES string of the molecule is O=C1NC(=O)C(Cc2cc(O)c(O)cc2O)N1. The number of hydrogen-bond donors (Lipinski definition) is 5. The number of rotatable bonds is 2. The van der Waals surface area contributed by atoms with Gasteiger partial charge in [-0.1, -0.05) is 0 Å². The average Bonchev–Trinajstić information content (AvgIpc) is 2.54. The van der Waals surface area contributed by atoms with Crippen molar-refractivity contribution in [3.63, 3.8) is 0 Å². The summed E-state index contributed by atoms with van der Waals surface area (Å²) in [4.78, 5) is 22.1. The van der Waals surface area contributed by atoms with Crippen molar-refractivity contribution in [1.29, 1.82) is 0 Å². The minimum Gasteiger partial charge on any atom is -0.508 e. The van der Waals surface area contributed by atoms with Gasteiger partial charge in [0.2, 0.25) is 0 Å². The summed E-state index contributed by atoms with van der Waals surface area (Å²) in [5.74, 6) is -1.61. The van der Waals surface area contributed by atoms with Crippen molar-refractivity contribution in [2.45, 2.75) is 12.5 Å². The van der Waals surface area contributed by atoms with Gasteiger partial charge in [-0.3, -0.25) is 10.1 Å². The van der Waals surface area contributed by atoms with E-state index >= 15 is 0 Å². The van der Waals surface area contributed by atoms with Crippen molar-refractivity contribution < 1.29 is 24.9 Å². The minimum atomic E-state index is -0.794. The Labute approximate surface area is 95.7 Å². The highest BCUT2D eigenvalue weighted by Crippen LogP contribution is 2.32. The third-order valence-corrected chi connectivity index (χ3v) is 2.46. The molecular weight excluding hydrogens is 228 g/mol. The van der Waals surface area contributed by atoms with Gasteiger partial charge in [-0.15, -0.1) is 0 Å². The Hall–Kier alpha value is -2.44. The third-order valence-electron chi connectivity index (χ3n) is 2.46. The second-order valence-electron chi connectivity index (χ2n) is 3.69. The van der Waals surface area contributed by atoms with Crippen LogP contribution in [0, 0.1) is 0 Å². The Morgan fingerprint density at radius 3 is 2.29 bits per heavy atom. The number of nitrogens with one attached hydrogen (secondary N) is 2. The van der Waals surface area contributed by atoms with Crippen molar-refractivity contribution >= 4 is 11.9 Å². The number of amides is 3. The molecule has 1 aromatic carbocycles. The van der Waals surface area contributed by atoms with E-state index in [-0.39, 0.29) is 17.7 Å². The molecule has 7 heteroatoms. The van der Waals surface area contributed by atoms with Crippen molar-refractivity contribution in [2.24, 2.45) is 0 Å². The van der Waals surface area contributed by atoms with E-state index in [2.05, 4.69) is 10.6 Å². The summed E-state index contributed by atoms with van der Waals surface area (Å²) >= 11 is 0. The van der Waals surface area contributed by atoms with Gasteiger partial charge in [0.1, 0.15) is 11.8 Å². The maximum absolute atomic E-state index is 11.3. The topological polar surface area (TPSA) is 119 Å². The van der Waals surface area contributed by atoms with Gasteiger partial charge >= 0.3 is 6.03 Å². The third kappa shape index (κ3) is 2.07. The minimum absolute atomic E-state index is 0.0250. The number of phenols is 3. The molecule has 1 aliphatic rings. The molecule has 17 heavy (non-hydrogen) atoms. The quantitative estimate of drug-likeness (QED) is 0.272. The van der Waals surface area contributed by atoms with Crippen LogP contribution in [0.1, 0.15) is 5.56 Å². The van der Waals surface area contributed by atoms with E-state index in [9.17, 15) is 19.8 Å². The number of phenolic OH excluding ortho intramolecular Hbond substituents is 3. The summed E-state index contributed by atoms with van der Waals surface area (Å²) in [7, 11) is 0. The molecule has 0 spiro atoms. The van der Waals surface area contributed by atoms with E-state index < -0.39 is 29.5 Å². The zero-order chi connectivity index (χ0) is 12.6. The first-order chi connectivity index (χ1) is 7.97. The summed E-state index contributed by atoms with van der Waals surface area (Å²) in [6.07, 6.45) is 0.0250. The fourth-order valence-electron chi connectivity index (χ4n) is 1.60. The molecular formula is C10H10N2O5. The maximum atomic E-state index is 11.3. The highest BCUT2D eigenvalue weighted by Gasteiger charge is 2.30. The van der Waals surface area contributed by atoms with Crippen LogP contribution >= 0.6 is 0 Å². The Bertz CT molecular complexity index is 500. The molecule has 0 saturated carbocycles. The van der Waals surface area contributed by atoms with Gasteiger partial charge in [-0.25, -0.2) is 4.79 Å². The molecule has 0 aliphatic carbocycles. The summed E-state index contributed by atoms with van der Waals surface area (Å²) in [6, 6.07) is 0.724. The molecule has 1 aliphatic heterocycles. The molecule has 1 unspecified atom stereocenters. The average molecular weight is 238 g/mol. The molecule has 1 fully saturated rings. The number of benzene rings is 1. The first kappa shape index (κ1) is 11.1. The second-order valence-corrected chi connectivity index (χ2v) is 3.69. The van der Waals surface area contributed by atoms with Crippen molar-refractivity contribution in [2.75, 3.05) is 0 Å². The van der Waals surface area contributed by atoms with E-state index in [1.807, 2.05) is 0 Å². The van der Waals surface area contributed by atoms with Gasteiger partial charge in [0, 0.05) is 18.1 Å². The fourth-order valence-corrected chi connectivity index (χ4v) is 1.60. The summed E-state index contributed by atoms with van der Waals surface area (Å²) in [6.45, 7) is 0. The zero-order valence-corrected chi connectivity index (χ0v) is 8.60. The number of aromatic hydroxyl groups is 3. The van der Waals surface area contributed by atoms with E-state index in [1.165, 1.54) is 0 Å². The smallest absolute Gasteiger partial charge is 0.322 e. The summed E-state index contributed by atoms with van der Waals surface area (Å²) in [5, 5.41) is 32.3. The summed E-state index contributed by atoms with van der Waals surface area (Å²) < 4.78 is 0. The molecule has 0 bridgehead atoms. The maximum Gasteiger partial charge on any atom is 0.322 e. The predicted octanol–water partition coefficient (Wildman–Crippen LogP) is -0.446. The highest BCUT2D eigenvalue weighted by atomic mass is 16.3. The zero-order valence-electron chi connectivity index (χ0n) is 8.60. The fraction of sp³-hybridized carbons (Fsp3) is 0.200. The van der Waals surface area contributed by atoms with Gasteiger partial charge in [0.05, 0.1) is 0 Å². The molecule has 1 atom stereocenters. The molecule has 3 amide bonds. The van der Waals surface area contributed by atoms with E-state index in [1.54, 1.807) is 0 Å². The second kappa shape index (κ2) is 3.85. The number of carbonyl (C=O) groups is 2. The van der Waals surface area contributed by atoms with Crippen LogP contribution in [0.2, 0.25) is 0 Å². The van der Waals surface area contributed by atoms with Gasteiger partial charge in [0.25, 0.3) is 5.91 Å². The number of hydrogen-bond acceptors (Lipinski definition) is 5. The van der Waals surface area contributed by atoms with Crippen LogP contribution in [-0.2, 0) is 11.2 Å². The Morgan fingerprint density at radius 1 is 1.06 bits per heavy atom.